The molecule has 0 spiro atoms. The molecule has 4 rings (SSSR count). The monoisotopic (exact) mass is 344 g/mol. The molecule has 7 atom stereocenters. The fourth-order valence-electron chi connectivity index (χ4n) is 7.15. The van der Waals surface area contributed by atoms with Gasteiger partial charge in [0.25, 0.3) is 0 Å². The fraction of sp³-hybridized carbons (Fsp3) is 0.810. The third kappa shape index (κ3) is 2.00. The van der Waals surface area contributed by atoms with Crippen LogP contribution in [0, 0.1) is 40.4 Å². The summed E-state index contributed by atoms with van der Waals surface area (Å²) in [6.45, 7) is 5.51. The molecular weight excluding hydrogens is 316 g/mol. The summed E-state index contributed by atoms with van der Waals surface area (Å²) in [4.78, 5) is 51.3. The van der Waals surface area contributed by atoms with E-state index in [0.717, 1.165) is 19.3 Å². The van der Waals surface area contributed by atoms with E-state index in [0.29, 0.717) is 25.7 Å². The van der Waals surface area contributed by atoms with Gasteiger partial charge in [0.15, 0.2) is 0 Å². The van der Waals surface area contributed by atoms with Gasteiger partial charge in [-0.2, -0.15) is 0 Å². The minimum atomic E-state index is -0.705. The zero-order valence-electron chi connectivity index (χ0n) is 15.5. The number of hydrogen-bond acceptors (Lipinski definition) is 4. The zero-order valence-corrected chi connectivity index (χ0v) is 15.5. The van der Waals surface area contributed by atoms with E-state index in [4.69, 9.17) is 0 Å². The smallest absolute Gasteiger partial charge is 0.140 e. The molecule has 0 amide bonds. The molecule has 0 heterocycles. The lowest BCUT2D eigenvalue weighted by molar-refractivity contribution is -0.170. The average Bonchev–Trinajstić information content (AvgIpc) is 2.90. The van der Waals surface area contributed by atoms with E-state index in [-0.39, 0.29) is 52.7 Å². The molecular formula is C21H28O4. The zero-order chi connectivity index (χ0) is 18.1. The molecule has 4 heteroatoms. The van der Waals surface area contributed by atoms with E-state index in [9.17, 15) is 19.2 Å². The molecule has 0 aliphatic heterocycles. The summed E-state index contributed by atoms with van der Waals surface area (Å²) in [5.41, 5.74) is -1.23. The van der Waals surface area contributed by atoms with Crippen LogP contribution in [0.2, 0.25) is 0 Å². The number of carbonyl (C=O) groups excluding carboxylic acids is 4. The summed E-state index contributed by atoms with van der Waals surface area (Å²) in [7, 11) is 0. The first-order valence-electron chi connectivity index (χ1n) is 9.82. The summed E-state index contributed by atoms with van der Waals surface area (Å²) >= 11 is 0. The lowest BCUT2D eigenvalue weighted by Crippen LogP contribution is -2.61. The topological polar surface area (TPSA) is 68.3 Å². The van der Waals surface area contributed by atoms with Crippen molar-refractivity contribution in [1.82, 2.24) is 0 Å². The molecule has 4 nitrogen and oxygen atoms in total. The van der Waals surface area contributed by atoms with Crippen LogP contribution in [0.4, 0.5) is 0 Å². The van der Waals surface area contributed by atoms with Gasteiger partial charge in [-0.25, -0.2) is 0 Å². The Morgan fingerprint density at radius 3 is 2.32 bits per heavy atom. The predicted molar refractivity (Wildman–Crippen MR) is 91.7 cm³/mol. The summed E-state index contributed by atoms with van der Waals surface area (Å²) in [5.74, 6) is 0.100. The molecule has 25 heavy (non-hydrogen) atoms. The maximum atomic E-state index is 13.2. The van der Waals surface area contributed by atoms with Crippen molar-refractivity contribution in [3.63, 3.8) is 0 Å². The van der Waals surface area contributed by atoms with Crippen LogP contribution in [0.5, 0.6) is 0 Å². The second kappa shape index (κ2) is 5.34. The van der Waals surface area contributed by atoms with Gasteiger partial charge >= 0.3 is 0 Å². The van der Waals surface area contributed by atoms with Crippen molar-refractivity contribution < 1.29 is 19.2 Å². The number of hydrogen-bond donors (Lipinski definition) is 0. The van der Waals surface area contributed by atoms with Gasteiger partial charge in [0, 0.05) is 41.9 Å². The molecule has 0 N–H and O–H groups in total. The minimum absolute atomic E-state index is 0.0624. The van der Waals surface area contributed by atoms with E-state index >= 15 is 0 Å². The molecule has 4 aliphatic carbocycles. The first-order valence-corrected chi connectivity index (χ1v) is 9.82. The molecule has 136 valence electrons. The highest BCUT2D eigenvalue weighted by atomic mass is 16.1. The lowest BCUT2D eigenvalue weighted by Gasteiger charge is -2.57. The molecule has 0 unspecified atom stereocenters. The molecule has 0 radical (unpaired) electrons. The number of fused-ring (bicyclic) bond motifs is 5. The molecule has 0 aromatic rings. The highest BCUT2D eigenvalue weighted by Gasteiger charge is 2.67. The largest absolute Gasteiger partial charge is 0.300 e. The number of rotatable bonds is 1. The van der Waals surface area contributed by atoms with Crippen LogP contribution in [0.25, 0.3) is 0 Å². The van der Waals surface area contributed by atoms with Crippen LogP contribution in [-0.4, -0.2) is 23.1 Å². The van der Waals surface area contributed by atoms with E-state index in [1.54, 1.807) is 6.92 Å². The van der Waals surface area contributed by atoms with Gasteiger partial charge in [-0.05, 0) is 50.4 Å². The Balaban J connectivity index is 1.79. The van der Waals surface area contributed by atoms with E-state index in [2.05, 4.69) is 0 Å². The minimum Gasteiger partial charge on any atom is -0.300 e. The highest BCUT2D eigenvalue weighted by Crippen LogP contribution is 2.64. The third-order valence-electron chi connectivity index (χ3n) is 8.62. The molecule has 0 aromatic carbocycles. The lowest BCUT2D eigenvalue weighted by atomic mass is 9.44. The third-order valence-corrected chi connectivity index (χ3v) is 8.62. The first-order chi connectivity index (χ1) is 11.7. The van der Waals surface area contributed by atoms with Crippen LogP contribution in [-0.2, 0) is 19.2 Å². The molecule has 4 aliphatic rings. The first kappa shape index (κ1) is 17.1. The van der Waals surface area contributed by atoms with Crippen LogP contribution < -0.4 is 0 Å². The Morgan fingerprint density at radius 1 is 0.920 bits per heavy atom. The van der Waals surface area contributed by atoms with Crippen molar-refractivity contribution in [2.75, 3.05) is 0 Å². The molecule has 0 bridgehead atoms. The maximum Gasteiger partial charge on any atom is 0.140 e. The average molecular weight is 344 g/mol. The van der Waals surface area contributed by atoms with Crippen molar-refractivity contribution in [1.29, 1.82) is 0 Å². The number of ketones is 4. The Hall–Kier alpha value is -1.32. The van der Waals surface area contributed by atoms with E-state index in [1.807, 2.05) is 13.8 Å². The molecule has 0 saturated heterocycles. The quantitative estimate of drug-likeness (QED) is 0.733. The Morgan fingerprint density at radius 2 is 1.64 bits per heavy atom. The van der Waals surface area contributed by atoms with Crippen molar-refractivity contribution in [2.24, 2.45) is 40.4 Å². The second-order valence-corrected chi connectivity index (χ2v) is 9.35. The van der Waals surface area contributed by atoms with Crippen LogP contribution in [0.15, 0.2) is 0 Å². The summed E-state index contributed by atoms with van der Waals surface area (Å²) in [6, 6.07) is 0. The van der Waals surface area contributed by atoms with Crippen molar-refractivity contribution in [3.8, 4) is 0 Å². The molecule has 4 saturated carbocycles. The molecule has 4 fully saturated rings. The van der Waals surface area contributed by atoms with Gasteiger partial charge in [0.05, 0.1) is 0 Å². The van der Waals surface area contributed by atoms with Crippen LogP contribution in [0.3, 0.4) is 0 Å². The number of carbonyl (C=O) groups is 4. The normalized spacial score (nSPS) is 49.4. The maximum absolute atomic E-state index is 13.2. The van der Waals surface area contributed by atoms with E-state index < -0.39 is 10.8 Å². The van der Waals surface area contributed by atoms with E-state index in [1.165, 1.54) is 0 Å². The van der Waals surface area contributed by atoms with Crippen LogP contribution in [0.1, 0.15) is 65.7 Å². The summed E-state index contributed by atoms with van der Waals surface area (Å²) < 4.78 is 0. The standard InChI is InChI=1S/C21H28O4/c1-11(22)13-7-8-14-19-15(10-18(25)21(13,14)3)20(2)12(9-16(19)23)5-4-6-17(20)24/h12-15,19H,4-10H2,1-3H3/t12-,13+,14-,15+,19+,20+,21+/m1/s1. The van der Waals surface area contributed by atoms with Crippen molar-refractivity contribution in [2.45, 2.75) is 65.7 Å². The van der Waals surface area contributed by atoms with Crippen LogP contribution >= 0.6 is 0 Å². The van der Waals surface area contributed by atoms with Gasteiger partial charge in [-0.1, -0.05) is 13.8 Å². The van der Waals surface area contributed by atoms with Gasteiger partial charge in [0.2, 0.25) is 0 Å². The number of Topliss-reactive ketones (excluding diaryl/α,β-unsaturated/α-hetero) is 4. The Labute approximate surface area is 149 Å². The van der Waals surface area contributed by atoms with Gasteiger partial charge in [-0.3, -0.25) is 19.2 Å². The predicted octanol–water partition coefficient (Wildman–Crippen LogP) is 3.16. The van der Waals surface area contributed by atoms with Gasteiger partial charge in [-0.15, -0.1) is 0 Å². The molecule has 0 aromatic heterocycles. The van der Waals surface area contributed by atoms with Crippen molar-refractivity contribution >= 4 is 23.1 Å². The summed E-state index contributed by atoms with van der Waals surface area (Å²) in [6.07, 6.45) is 4.60. The van der Waals surface area contributed by atoms with Crippen molar-refractivity contribution in [3.05, 3.63) is 0 Å². The Bertz CT molecular complexity index is 679. The Kier molecular flexibility index (Phi) is 3.66. The fourth-order valence-corrected chi connectivity index (χ4v) is 7.15. The van der Waals surface area contributed by atoms with Gasteiger partial charge in [0.1, 0.15) is 23.1 Å². The SMILES string of the molecule is CC(=O)[C@@H]1CC[C@@H]2[C@@H]3C(=O)C[C@H]4CCCC(=O)[C@]4(C)[C@H]3CC(=O)[C@]21C. The second-order valence-electron chi connectivity index (χ2n) is 9.35. The van der Waals surface area contributed by atoms with Gasteiger partial charge < -0.3 is 0 Å². The summed E-state index contributed by atoms with van der Waals surface area (Å²) in [5, 5.41) is 0. The highest BCUT2D eigenvalue weighted by molar-refractivity contribution is 5.98.